The van der Waals surface area contributed by atoms with Crippen LogP contribution in [0.3, 0.4) is 0 Å². The average Bonchev–Trinajstić information content (AvgIpc) is 2.30. The SMILES string of the molecule is CCCC(C)Oc1ncnc2ccc(N)cc12. The number of ether oxygens (including phenoxy) is 1. The number of aromatic nitrogens is 2. The minimum Gasteiger partial charge on any atom is -0.474 e. The van der Waals surface area contributed by atoms with Gasteiger partial charge >= 0.3 is 0 Å². The molecule has 2 N–H and O–H groups in total. The summed E-state index contributed by atoms with van der Waals surface area (Å²) in [5.41, 5.74) is 7.32. The van der Waals surface area contributed by atoms with Crippen LogP contribution in [0.2, 0.25) is 0 Å². The van der Waals surface area contributed by atoms with Gasteiger partial charge in [-0.1, -0.05) is 13.3 Å². The maximum absolute atomic E-state index is 5.82. The molecule has 4 heteroatoms. The van der Waals surface area contributed by atoms with Gasteiger partial charge in [-0.2, -0.15) is 0 Å². The number of nitrogens with two attached hydrogens (primary N) is 1. The Kier molecular flexibility index (Phi) is 3.42. The van der Waals surface area contributed by atoms with Crippen LogP contribution in [-0.2, 0) is 0 Å². The number of hydrogen-bond acceptors (Lipinski definition) is 4. The van der Waals surface area contributed by atoms with Crippen molar-refractivity contribution < 1.29 is 4.74 Å². The number of nitrogen functional groups attached to an aromatic ring is 1. The van der Waals surface area contributed by atoms with Gasteiger partial charge in [0, 0.05) is 5.69 Å². The summed E-state index contributed by atoms with van der Waals surface area (Å²) in [7, 11) is 0. The van der Waals surface area contributed by atoms with Crippen LogP contribution >= 0.6 is 0 Å². The highest BCUT2D eigenvalue weighted by molar-refractivity contribution is 5.86. The predicted molar refractivity (Wildman–Crippen MR) is 68.9 cm³/mol. The van der Waals surface area contributed by atoms with Gasteiger partial charge in [-0.25, -0.2) is 9.97 Å². The number of fused-ring (bicyclic) bond motifs is 1. The van der Waals surface area contributed by atoms with E-state index in [2.05, 4.69) is 16.9 Å². The highest BCUT2D eigenvalue weighted by Gasteiger charge is 2.08. The van der Waals surface area contributed by atoms with Gasteiger partial charge in [0.15, 0.2) is 0 Å². The Morgan fingerprint density at radius 1 is 1.35 bits per heavy atom. The van der Waals surface area contributed by atoms with Crippen LogP contribution in [0.1, 0.15) is 26.7 Å². The Labute approximate surface area is 101 Å². The molecule has 0 amide bonds. The monoisotopic (exact) mass is 231 g/mol. The lowest BCUT2D eigenvalue weighted by molar-refractivity contribution is 0.204. The Morgan fingerprint density at radius 3 is 2.94 bits per heavy atom. The lowest BCUT2D eigenvalue weighted by atomic mass is 10.2. The Balaban J connectivity index is 2.36. The van der Waals surface area contributed by atoms with Crippen LogP contribution in [-0.4, -0.2) is 16.1 Å². The molecule has 0 bridgehead atoms. The molecule has 17 heavy (non-hydrogen) atoms. The van der Waals surface area contributed by atoms with Crippen molar-refractivity contribution in [1.29, 1.82) is 0 Å². The molecule has 1 atom stereocenters. The molecule has 4 nitrogen and oxygen atoms in total. The van der Waals surface area contributed by atoms with Crippen molar-refractivity contribution in [2.75, 3.05) is 5.73 Å². The quantitative estimate of drug-likeness (QED) is 0.822. The zero-order valence-electron chi connectivity index (χ0n) is 10.2. The van der Waals surface area contributed by atoms with Crippen molar-refractivity contribution in [1.82, 2.24) is 9.97 Å². The van der Waals surface area contributed by atoms with E-state index in [1.165, 1.54) is 6.33 Å². The van der Waals surface area contributed by atoms with Crippen molar-refractivity contribution in [3.8, 4) is 5.88 Å². The maximum atomic E-state index is 5.82. The van der Waals surface area contributed by atoms with Crippen LogP contribution in [0, 0.1) is 0 Å². The van der Waals surface area contributed by atoms with Crippen LogP contribution in [0.25, 0.3) is 10.9 Å². The zero-order valence-corrected chi connectivity index (χ0v) is 10.2. The molecule has 0 saturated carbocycles. The second-order valence-corrected chi connectivity index (χ2v) is 4.17. The molecule has 0 spiro atoms. The topological polar surface area (TPSA) is 61.0 Å². The van der Waals surface area contributed by atoms with Gasteiger partial charge in [0.1, 0.15) is 6.33 Å². The van der Waals surface area contributed by atoms with E-state index < -0.39 is 0 Å². The first-order chi connectivity index (χ1) is 8.20. The summed E-state index contributed by atoms with van der Waals surface area (Å²) in [6, 6.07) is 5.56. The minimum atomic E-state index is 0.152. The van der Waals surface area contributed by atoms with Crippen LogP contribution in [0.4, 0.5) is 5.69 Å². The van der Waals surface area contributed by atoms with Gasteiger partial charge in [-0.3, -0.25) is 0 Å². The third kappa shape index (κ3) is 2.64. The van der Waals surface area contributed by atoms with Gasteiger partial charge in [-0.05, 0) is 31.5 Å². The molecule has 0 saturated heterocycles. The van der Waals surface area contributed by atoms with Crippen molar-refractivity contribution >= 4 is 16.6 Å². The fraction of sp³-hybridized carbons (Fsp3) is 0.385. The summed E-state index contributed by atoms with van der Waals surface area (Å²) in [4.78, 5) is 8.37. The van der Waals surface area contributed by atoms with Crippen molar-refractivity contribution in [3.63, 3.8) is 0 Å². The van der Waals surface area contributed by atoms with Gasteiger partial charge in [-0.15, -0.1) is 0 Å². The molecule has 1 unspecified atom stereocenters. The molecule has 1 aromatic heterocycles. The van der Waals surface area contributed by atoms with E-state index in [0.29, 0.717) is 11.6 Å². The number of benzene rings is 1. The summed E-state index contributed by atoms with van der Waals surface area (Å²) in [6.07, 6.45) is 3.77. The average molecular weight is 231 g/mol. The highest BCUT2D eigenvalue weighted by Crippen LogP contribution is 2.24. The van der Waals surface area contributed by atoms with Gasteiger partial charge in [0.05, 0.1) is 17.0 Å². The third-order valence-corrected chi connectivity index (χ3v) is 2.63. The summed E-state index contributed by atoms with van der Waals surface area (Å²) < 4.78 is 5.82. The highest BCUT2D eigenvalue weighted by atomic mass is 16.5. The smallest absolute Gasteiger partial charge is 0.224 e. The Morgan fingerprint density at radius 2 is 2.18 bits per heavy atom. The van der Waals surface area contributed by atoms with E-state index in [0.717, 1.165) is 23.7 Å². The molecule has 2 rings (SSSR count). The molecular formula is C13H17N3O. The molecule has 0 radical (unpaired) electrons. The minimum absolute atomic E-state index is 0.152. The van der Waals surface area contributed by atoms with Crippen LogP contribution < -0.4 is 10.5 Å². The summed E-state index contributed by atoms with van der Waals surface area (Å²) in [5, 5.41) is 0.871. The molecule has 2 aromatic rings. The largest absolute Gasteiger partial charge is 0.474 e. The normalized spacial score (nSPS) is 12.6. The summed E-state index contributed by atoms with van der Waals surface area (Å²) in [6.45, 7) is 4.18. The molecule has 1 heterocycles. The molecular weight excluding hydrogens is 214 g/mol. The number of nitrogens with zero attached hydrogens (tertiary/aromatic N) is 2. The van der Waals surface area contributed by atoms with Crippen molar-refractivity contribution in [3.05, 3.63) is 24.5 Å². The zero-order chi connectivity index (χ0) is 12.3. The third-order valence-electron chi connectivity index (χ3n) is 2.63. The molecule has 0 aliphatic heterocycles. The Hall–Kier alpha value is -1.84. The van der Waals surface area contributed by atoms with Gasteiger partial charge < -0.3 is 10.5 Å². The maximum Gasteiger partial charge on any atom is 0.224 e. The van der Waals surface area contributed by atoms with Crippen LogP contribution in [0.15, 0.2) is 24.5 Å². The molecule has 90 valence electrons. The van der Waals surface area contributed by atoms with Gasteiger partial charge in [0.25, 0.3) is 0 Å². The summed E-state index contributed by atoms with van der Waals surface area (Å²) >= 11 is 0. The standard InChI is InChI=1S/C13H17N3O/c1-3-4-9(2)17-13-11-7-10(14)5-6-12(11)15-8-16-13/h5-9H,3-4,14H2,1-2H3. The first-order valence-corrected chi connectivity index (χ1v) is 5.87. The fourth-order valence-corrected chi connectivity index (χ4v) is 1.80. The molecule has 0 aliphatic rings. The van der Waals surface area contributed by atoms with E-state index in [1.54, 1.807) is 0 Å². The van der Waals surface area contributed by atoms with E-state index in [9.17, 15) is 0 Å². The predicted octanol–water partition coefficient (Wildman–Crippen LogP) is 2.78. The lowest BCUT2D eigenvalue weighted by Gasteiger charge is -2.14. The van der Waals surface area contributed by atoms with E-state index in [1.807, 2.05) is 25.1 Å². The van der Waals surface area contributed by atoms with E-state index in [4.69, 9.17) is 10.5 Å². The first kappa shape index (κ1) is 11.6. The number of anilines is 1. The number of hydrogen-bond donors (Lipinski definition) is 1. The molecule has 0 aliphatic carbocycles. The first-order valence-electron chi connectivity index (χ1n) is 5.87. The molecule has 1 aromatic carbocycles. The van der Waals surface area contributed by atoms with Crippen LogP contribution in [0.5, 0.6) is 5.88 Å². The van der Waals surface area contributed by atoms with E-state index >= 15 is 0 Å². The number of rotatable bonds is 4. The fourth-order valence-electron chi connectivity index (χ4n) is 1.80. The van der Waals surface area contributed by atoms with Crippen molar-refractivity contribution in [2.24, 2.45) is 0 Å². The lowest BCUT2D eigenvalue weighted by Crippen LogP contribution is -2.12. The second-order valence-electron chi connectivity index (χ2n) is 4.17. The molecule has 0 fully saturated rings. The van der Waals surface area contributed by atoms with Crippen molar-refractivity contribution in [2.45, 2.75) is 32.8 Å². The second kappa shape index (κ2) is 4.99. The Bertz CT molecular complexity index is 513. The van der Waals surface area contributed by atoms with Gasteiger partial charge in [0.2, 0.25) is 5.88 Å². The summed E-state index contributed by atoms with van der Waals surface area (Å²) in [5.74, 6) is 0.614. The van der Waals surface area contributed by atoms with E-state index in [-0.39, 0.29) is 6.10 Å².